The molecule has 0 amide bonds. The van der Waals surface area contributed by atoms with Crippen LogP contribution in [0.3, 0.4) is 0 Å². The van der Waals surface area contributed by atoms with Crippen molar-refractivity contribution in [2.24, 2.45) is 0 Å². The lowest BCUT2D eigenvalue weighted by molar-refractivity contribution is -0.141. The minimum absolute atomic E-state index is 0.0600. The molecular weight excluding hydrogens is 397 g/mol. The summed E-state index contributed by atoms with van der Waals surface area (Å²) in [6.07, 6.45) is -3.48. The minimum atomic E-state index is -4.68. The number of halogens is 4. The number of fused-ring (bicyclic) bond motifs is 1. The molecule has 10 heteroatoms. The van der Waals surface area contributed by atoms with Crippen molar-refractivity contribution in [3.8, 4) is 5.69 Å². The van der Waals surface area contributed by atoms with Gasteiger partial charge in [0.1, 0.15) is 11.5 Å². The molecule has 4 rings (SSSR count). The normalized spacial score (nSPS) is 15.6. The Morgan fingerprint density at radius 1 is 1.18 bits per heavy atom. The van der Waals surface area contributed by atoms with Gasteiger partial charge in [0, 0.05) is 6.54 Å². The first-order chi connectivity index (χ1) is 13.2. The van der Waals surface area contributed by atoms with Crippen molar-refractivity contribution in [3.63, 3.8) is 0 Å². The highest BCUT2D eigenvalue weighted by Crippen LogP contribution is 2.36. The van der Waals surface area contributed by atoms with E-state index in [1.165, 1.54) is 18.2 Å². The first kappa shape index (κ1) is 18.7. The fourth-order valence-corrected chi connectivity index (χ4v) is 3.03. The van der Waals surface area contributed by atoms with Crippen LogP contribution in [0.25, 0.3) is 16.7 Å². The molecule has 0 saturated heterocycles. The zero-order chi connectivity index (χ0) is 20.1. The van der Waals surface area contributed by atoms with E-state index in [4.69, 9.17) is 11.6 Å². The van der Waals surface area contributed by atoms with Gasteiger partial charge >= 0.3 is 11.9 Å². The molecule has 1 aromatic carbocycles. The largest absolute Gasteiger partial charge is 0.433 e. The van der Waals surface area contributed by atoms with E-state index in [-0.39, 0.29) is 34.1 Å². The maximum absolute atomic E-state index is 13.2. The highest BCUT2D eigenvalue weighted by Gasteiger charge is 2.40. The summed E-state index contributed by atoms with van der Waals surface area (Å²) >= 11 is 6.14. The van der Waals surface area contributed by atoms with Gasteiger partial charge in [-0.15, -0.1) is 0 Å². The van der Waals surface area contributed by atoms with Crippen molar-refractivity contribution >= 4 is 28.5 Å². The quantitative estimate of drug-likeness (QED) is 0.689. The Kier molecular flexibility index (Phi) is 4.31. The fourth-order valence-electron chi connectivity index (χ4n) is 2.81. The van der Waals surface area contributed by atoms with Crippen LogP contribution < -0.4 is 11.0 Å². The van der Waals surface area contributed by atoms with E-state index >= 15 is 0 Å². The lowest BCUT2D eigenvalue weighted by Crippen LogP contribution is -2.27. The number of aromatic nitrogens is 3. The van der Waals surface area contributed by atoms with Crippen molar-refractivity contribution < 1.29 is 18.3 Å². The number of anilines is 1. The maximum atomic E-state index is 13.2. The number of pyridine rings is 1. The first-order valence-electron chi connectivity index (χ1n) is 8.40. The van der Waals surface area contributed by atoms with Gasteiger partial charge in [-0.1, -0.05) is 23.7 Å². The van der Waals surface area contributed by atoms with Gasteiger partial charge in [-0.3, -0.25) is 0 Å². The number of nitrogens with zero attached hydrogens (tertiary/aromatic N) is 3. The third kappa shape index (κ3) is 3.43. The lowest BCUT2D eigenvalue weighted by Gasteiger charge is -2.16. The summed E-state index contributed by atoms with van der Waals surface area (Å²) in [7, 11) is 0. The molecule has 146 valence electrons. The van der Waals surface area contributed by atoms with Gasteiger partial charge in [0.15, 0.2) is 5.65 Å². The van der Waals surface area contributed by atoms with E-state index in [9.17, 15) is 23.1 Å². The molecule has 1 fully saturated rings. The zero-order valence-corrected chi connectivity index (χ0v) is 15.1. The predicted molar refractivity (Wildman–Crippen MR) is 97.8 cm³/mol. The third-order valence-corrected chi connectivity index (χ3v) is 4.86. The summed E-state index contributed by atoms with van der Waals surface area (Å²) < 4.78 is 40.6. The molecule has 0 aliphatic heterocycles. The Morgan fingerprint density at radius 2 is 1.89 bits per heavy atom. The van der Waals surface area contributed by atoms with Gasteiger partial charge in [-0.25, -0.2) is 14.3 Å². The zero-order valence-electron chi connectivity index (χ0n) is 14.3. The third-order valence-electron chi connectivity index (χ3n) is 4.54. The molecule has 0 unspecified atom stereocenters. The number of rotatable bonds is 4. The van der Waals surface area contributed by atoms with Crippen LogP contribution in [0.4, 0.5) is 19.0 Å². The van der Waals surface area contributed by atoms with E-state index in [1.807, 2.05) is 0 Å². The van der Waals surface area contributed by atoms with E-state index in [0.717, 1.165) is 10.6 Å². The van der Waals surface area contributed by atoms with Crippen molar-refractivity contribution in [2.45, 2.75) is 24.6 Å². The number of para-hydroxylation sites is 1. The number of benzene rings is 1. The average molecular weight is 411 g/mol. The van der Waals surface area contributed by atoms with Gasteiger partial charge in [-0.2, -0.15) is 18.2 Å². The molecular formula is C18H14ClF3N4O2. The van der Waals surface area contributed by atoms with Crippen LogP contribution in [0.15, 0.2) is 41.2 Å². The molecule has 2 heterocycles. The number of nitrogens with one attached hydrogen (secondary N) is 1. The van der Waals surface area contributed by atoms with E-state index < -0.39 is 23.2 Å². The molecule has 0 bridgehead atoms. The molecule has 1 aliphatic rings. The van der Waals surface area contributed by atoms with Gasteiger partial charge < -0.3 is 10.4 Å². The SMILES string of the molecule is O=c1nc(NCC2(O)CC2)c2ccc(C(F)(F)F)nc2n1-c1ccccc1Cl. The van der Waals surface area contributed by atoms with Crippen LogP contribution in [-0.2, 0) is 6.18 Å². The number of hydrogen-bond donors (Lipinski definition) is 2. The molecule has 6 nitrogen and oxygen atoms in total. The van der Waals surface area contributed by atoms with E-state index in [0.29, 0.717) is 12.8 Å². The molecule has 3 aromatic rings. The molecule has 0 atom stereocenters. The van der Waals surface area contributed by atoms with Crippen LogP contribution in [0.5, 0.6) is 0 Å². The molecule has 2 N–H and O–H groups in total. The topological polar surface area (TPSA) is 80.0 Å². The maximum Gasteiger partial charge on any atom is 0.433 e. The highest BCUT2D eigenvalue weighted by atomic mass is 35.5. The van der Waals surface area contributed by atoms with Crippen LogP contribution in [-0.4, -0.2) is 31.8 Å². The fraction of sp³-hybridized carbons (Fsp3) is 0.278. The smallest absolute Gasteiger partial charge is 0.388 e. The van der Waals surface area contributed by atoms with Crippen LogP contribution >= 0.6 is 11.6 Å². The summed E-state index contributed by atoms with van der Waals surface area (Å²) in [5, 5.41) is 13.2. The van der Waals surface area contributed by atoms with Gasteiger partial charge in [-0.05, 0) is 37.1 Å². The monoisotopic (exact) mass is 410 g/mol. The summed E-state index contributed by atoms with van der Waals surface area (Å²) in [5.74, 6) is 0.0600. The molecule has 1 saturated carbocycles. The van der Waals surface area contributed by atoms with Gasteiger partial charge in [0.05, 0.1) is 21.7 Å². The molecule has 1 aliphatic carbocycles. The second-order valence-corrected chi connectivity index (χ2v) is 7.08. The number of alkyl halides is 3. The molecule has 0 radical (unpaired) electrons. The summed E-state index contributed by atoms with van der Waals surface area (Å²) in [4.78, 5) is 20.3. The Bertz CT molecular complexity index is 1130. The Labute approximate surface area is 161 Å². The molecule has 0 spiro atoms. The average Bonchev–Trinajstić information content (AvgIpc) is 3.37. The second-order valence-electron chi connectivity index (χ2n) is 6.67. The molecule has 28 heavy (non-hydrogen) atoms. The highest BCUT2D eigenvalue weighted by molar-refractivity contribution is 6.32. The van der Waals surface area contributed by atoms with E-state index in [1.54, 1.807) is 12.1 Å². The van der Waals surface area contributed by atoms with Crippen LogP contribution in [0, 0.1) is 0 Å². The minimum Gasteiger partial charge on any atom is -0.388 e. The van der Waals surface area contributed by atoms with Gasteiger partial charge in [0.2, 0.25) is 0 Å². The lowest BCUT2D eigenvalue weighted by atomic mass is 10.2. The number of hydrogen-bond acceptors (Lipinski definition) is 5. The first-order valence-corrected chi connectivity index (χ1v) is 8.78. The Hall–Kier alpha value is -2.65. The van der Waals surface area contributed by atoms with Crippen molar-refractivity contribution in [3.05, 3.63) is 57.6 Å². The predicted octanol–water partition coefficient (Wildman–Crippen LogP) is 3.39. The van der Waals surface area contributed by atoms with Crippen LogP contribution in [0.1, 0.15) is 18.5 Å². The van der Waals surface area contributed by atoms with Gasteiger partial charge in [0.25, 0.3) is 0 Å². The Morgan fingerprint density at radius 3 is 2.54 bits per heavy atom. The van der Waals surface area contributed by atoms with Crippen molar-refractivity contribution in [2.75, 3.05) is 11.9 Å². The summed E-state index contributed by atoms with van der Waals surface area (Å²) in [6.45, 7) is 0.131. The second kappa shape index (κ2) is 6.46. The van der Waals surface area contributed by atoms with E-state index in [2.05, 4.69) is 15.3 Å². The Balaban J connectivity index is 1.96. The van der Waals surface area contributed by atoms with Crippen molar-refractivity contribution in [1.29, 1.82) is 0 Å². The summed E-state index contributed by atoms with van der Waals surface area (Å²) in [6, 6.07) is 8.26. The number of aliphatic hydroxyl groups is 1. The summed E-state index contributed by atoms with van der Waals surface area (Å²) in [5.41, 5.74) is -2.92. The molecule has 2 aromatic heterocycles. The van der Waals surface area contributed by atoms with Crippen LogP contribution in [0.2, 0.25) is 5.02 Å². The van der Waals surface area contributed by atoms with Crippen molar-refractivity contribution in [1.82, 2.24) is 14.5 Å². The standard InChI is InChI=1S/C18H14ClF3N4O2/c19-11-3-1-2-4-12(11)26-15-10(5-6-13(24-15)18(20,21)22)14(25-16(26)27)23-9-17(28)7-8-17/h1-6,28H,7-9H2,(H,23,25,27).